The highest BCUT2D eigenvalue weighted by molar-refractivity contribution is 6.34. The predicted molar refractivity (Wildman–Crippen MR) is 101 cm³/mol. The first-order valence-electron chi connectivity index (χ1n) is 8.22. The van der Waals surface area contributed by atoms with Gasteiger partial charge in [-0.15, -0.1) is 0 Å². The molecule has 1 aromatic carbocycles. The first-order chi connectivity index (χ1) is 12.3. The van der Waals surface area contributed by atoms with Crippen LogP contribution in [0, 0.1) is 24.0 Å². The Labute approximate surface area is 155 Å². The van der Waals surface area contributed by atoms with Crippen LogP contribution >= 0.6 is 11.6 Å². The van der Waals surface area contributed by atoms with E-state index in [1.165, 1.54) is 12.1 Å². The van der Waals surface area contributed by atoms with Gasteiger partial charge in [-0.25, -0.2) is 0 Å². The molecule has 2 aromatic rings. The van der Waals surface area contributed by atoms with Crippen LogP contribution < -0.4 is 10.9 Å². The van der Waals surface area contributed by atoms with E-state index < -0.39 is 10.8 Å². The van der Waals surface area contributed by atoms with Crippen molar-refractivity contribution in [3.8, 4) is 0 Å². The number of aryl methyl sites for hydroxylation is 1. The molecule has 0 aliphatic carbocycles. The number of aromatic nitrogens is 1. The Kier molecular flexibility index (Phi) is 6.15. The lowest BCUT2D eigenvalue weighted by molar-refractivity contribution is -0.384. The molecule has 0 saturated carbocycles. The smallest absolute Gasteiger partial charge is 0.274 e. The number of halogens is 1. The number of hydrogen-bond donors (Lipinski definition) is 1. The van der Waals surface area contributed by atoms with Gasteiger partial charge in [-0.05, 0) is 38.0 Å². The number of carbonyl (C=O) groups excluding carboxylic acids is 1. The first kappa shape index (κ1) is 19.7. The topological polar surface area (TPSA) is 94.2 Å². The van der Waals surface area contributed by atoms with E-state index >= 15 is 0 Å². The zero-order valence-corrected chi connectivity index (χ0v) is 15.6. The molecule has 26 heavy (non-hydrogen) atoms. The molecule has 0 unspecified atom stereocenters. The Morgan fingerprint density at radius 3 is 2.58 bits per heavy atom. The van der Waals surface area contributed by atoms with E-state index in [0.717, 1.165) is 30.2 Å². The standard InChI is InChI=1S/C18H20ClN3O4/c1-4-5-8-21-12(3)11(2)9-16(18(21)24)20-17(23)14-7-6-13(22(25)26)10-15(14)19/h6-7,9-10H,4-5,8H2,1-3H3,(H,20,23). The van der Waals surface area contributed by atoms with Gasteiger partial charge in [0.15, 0.2) is 0 Å². The number of nitrogens with zero attached hydrogens (tertiary/aromatic N) is 2. The number of nitrogens with one attached hydrogen (secondary N) is 1. The monoisotopic (exact) mass is 377 g/mol. The molecule has 0 spiro atoms. The molecule has 0 aliphatic heterocycles. The van der Waals surface area contributed by atoms with E-state index in [4.69, 9.17) is 11.6 Å². The summed E-state index contributed by atoms with van der Waals surface area (Å²) in [5, 5.41) is 13.3. The van der Waals surface area contributed by atoms with Gasteiger partial charge in [0.1, 0.15) is 5.69 Å². The minimum absolute atomic E-state index is 0.0492. The normalized spacial score (nSPS) is 10.6. The molecule has 0 bridgehead atoms. The van der Waals surface area contributed by atoms with Crippen molar-refractivity contribution in [1.82, 2.24) is 4.57 Å². The second kappa shape index (κ2) is 8.14. The lowest BCUT2D eigenvalue weighted by atomic mass is 10.1. The van der Waals surface area contributed by atoms with Crippen molar-refractivity contribution in [2.75, 3.05) is 5.32 Å². The van der Waals surface area contributed by atoms with Crippen LogP contribution in [-0.4, -0.2) is 15.4 Å². The minimum Gasteiger partial charge on any atom is -0.317 e. The second-order valence-corrected chi connectivity index (χ2v) is 6.42. The van der Waals surface area contributed by atoms with Gasteiger partial charge in [-0.2, -0.15) is 0 Å². The number of non-ortho nitro benzene ring substituents is 1. The molecule has 138 valence electrons. The van der Waals surface area contributed by atoms with Crippen LogP contribution in [0.1, 0.15) is 41.4 Å². The number of carbonyl (C=O) groups is 1. The summed E-state index contributed by atoms with van der Waals surface area (Å²) in [7, 11) is 0. The number of pyridine rings is 1. The Hall–Kier alpha value is -2.67. The molecular formula is C18H20ClN3O4. The maximum Gasteiger partial charge on any atom is 0.274 e. The largest absolute Gasteiger partial charge is 0.317 e. The summed E-state index contributed by atoms with van der Waals surface area (Å²) in [5.74, 6) is -0.590. The molecule has 0 atom stereocenters. The van der Waals surface area contributed by atoms with E-state index in [-0.39, 0.29) is 27.5 Å². The van der Waals surface area contributed by atoms with Crippen LogP contribution in [0.3, 0.4) is 0 Å². The maximum absolute atomic E-state index is 12.7. The summed E-state index contributed by atoms with van der Waals surface area (Å²) >= 11 is 5.98. The van der Waals surface area contributed by atoms with Crippen molar-refractivity contribution in [3.05, 3.63) is 66.6 Å². The summed E-state index contributed by atoms with van der Waals surface area (Å²) in [5.41, 5.74) is 1.46. The van der Waals surface area contributed by atoms with Crippen LogP contribution in [0.2, 0.25) is 5.02 Å². The molecule has 0 aliphatic rings. The molecule has 0 saturated heterocycles. The second-order valence-electron chi connectivity index (χ2n) is 6.01. The number of nitro benzene ring substituents is 1. The molecule has 7 nitrogen and oxygen atoms in total. The van der Waals surface area contributed by atoms with Gasteiger partial charge in [0.25, 0.3) is 17.2 Å². The lowest BCUT2D eigenvalue weighted by Crippen LogP contribution is -2.28. The number of amides is 1. The zero-order chi connectivity index (χ0) is 19.4. The van der Waals surface area contributed by atoms with Crippen molar-refractivity contribution >= 4 is 28.9 Å². The Balaban J connectivity index is 2.36. The molecule has 1 amide bonds. The SMILES string of the molecule is CCCCn1c(C)c(C)cc(NC(=O)c2ccc([N+](=O)[O-])cc2Cl)c1=O. The summed E-state index contributed by atoms with van der Waals surface area (Å²) in [6.07, 6.45) is 1.80. The van der Waals surface area contributed by atoms with Gasteiger partial charge in [-0.1, -0.05) is 24.9 Å². The molecule has 0 fully saturated rings. The highest BCUT2D eigenvalue weighted by atomic mass is 35.5. The van der Waals surface area contributed by atoms with Crippen LogP contribution in [0.4, 0.5) is 11.4 Å². The fourth-order valence-electron chi connectivity index (χ4n) is 2.56. The summed E-state index contributed by atoms with van der Waals surface area (Å²) < 4.78 is 1.64. The average Bonchev–Trinajstić information content (AvgIpc) is 2.59. The number of rotatable bonds is 6. The number of hydrogen-bond acceptors (Lipinski definition) is 4. The predicted octanol–water partition coefficient (Wildman–Crippen LogP) is 4.08. The fourth-order valence-corrected chi connectivity index (χ4v) is 2.82. The van der Waals surface area contributed by atoms with E-state index in [1.807, 2.05) is 20.8 Å². The van der Waals surface area contributed by atoms with Gasteiger partial charge in [0.2, 0.25) is 0 Å². The highest BCUT2D eigenvalue weighted by Crippen LogP contribution is 2.23. The molecule has 8 heteroatoms. The number of benzene rings is 1. The summed E-state index contributed by atoms with van der Waals surface area (Å²) in [6.45, 7) is 6.34. The summed E-state index contributed by atoms with van der Waals surface area (Å²) in [6, 6.07) is 5.20. The van der Waals surface area contributed by atoms with Crippen LogP contribution in [0.15, 0.2) is 29.1 Å². The van der Waals surface area contributed by atoms with Crippen molar-refractivity contribution < 1.29 is 9.72 Å². The van der Waals surface area contributed by atoms with Crippen molar-refractivity contribution in [2.45, 2.75) is 40.2 Å². The van der Waals surface area contributed by atoms with E-state index in [2.05, 4.69) is 5.32 Å². The maximum atomic E-state index is 12.7. The van der Waals surface area contributed by atoms with Gasteiger partial charge < -0.3 is 9.88 Å². The lowest BCUT2D eigenvalue weighted by Gasteiger charge is -2.15. The van der Waals surface area contributed by atoms with E-state index in [0.29, 0.717) is 6.54 Å². The van der Waals surface area contributed by atoms with E-state index in [1.54, 1.807) is 10.6 Å². The number of anilines is 1. The van der Waals surface area contributed by atoms with E-state index in [9.17, 15) is 19.7 Å². The third kappa shape index (κ3) is 4.11. The molecule has 1 aromatic heterocycles. The van der Waals surface area contributed by atoms with Crippen molar-refractivity contribution in [2.24, 2.45) is 0 Å². The Morgan fingerprint density at radius 1 is 1.31 bits per heavy atom. The quantitative estimate of drug-likeness (QED) is 0.606. The zero-order valence-electron chi connectivity index (χ0n) is 14.8. The number of unbranched alkanes of at least 4 members (excludes halogenated alkanes) is 1. The van der Waals surface area contributed by atoms with Crippen LogP contribution in [0.5, 0.6) is 0 Å². The molecule has 1 N–H and O–H groups in total. The average molecular weight is 378 g/mol. The molecule has 0 radical (unpaired) electrons. The summed E-state index contributed by atoms with van der Waals surface area (Å²) in [4.78, 5) is 35.3. The first-order valence-corrected chi connectivity index (χ1v) is 8.60. The number of nitro groups is 1. The van der Waals surface area contributed by atoms with Gasteiger partial charge in [0, 0.05) is 24.4 Å². The Morgan fingerprint density at radius 2 is 2.00 bits per heavy atom. The molecule has 1 heterocycles. The van der Waals surface area contributed by atoms with Crippen molar-refractivity contribution in [1.29, 1.82) is 0 Å². The minimum atomic E-state index is -0.594. The van der Waals surface area contributed by atoms with Crippen LogP contribution in [0.25, 0.3) is 0 Å². The molecule has 2 rings (SSSR count). The third-order valence-corrected chi connectivity index (χ3v) is 4.52. The van der Waals surface area contributed by atoms with Gasteiger partial charge in [0.05, 0.1) is 15.5 Å². The van der Waals surface area contributed by atoms with Crippen LogP contribution in [-0.2, 0) is 6.54 Å². The van der Waals surface area contributed by atoms with Crippen molar-refractivity contribution in [3.63, 3.8) is 0 Å². The fraction of sp³-hybridized carbons (Fsp3) is 0.333. The molecular weight excluding hydrogens is 358 g/mol. The van der Waals surface area contributed by atoms with Gasteiger partial charge >= 0.3 is 0 Å². The highest BCUT2D eigenvalue weighted by Gasteiger charge is 2.17. The third-order valence-electron chi connectivity index (χ3n) is 4.20. The Bertz CT molecular complexity index is 921. The van der Waals surface area contributed by atoms with Gasteiger partial charge in [-0.3, -0.25) is 19.7 Å².